The summed E-state index contributed by atoms with van der Waals surface area (Å²) < 4.78 is 1.66. The van der Waals surface area contributed by atoms with E-state index in [4.69, 9.17) is 5.11 Å². The van der Waals surface area contributed by atoms with E-state index in [-0.39, 0.29) is 43.2 Å². The van der Waals surface area contributed by atoms with Crippen molar-refractivity contribution in [3.05, 3.63) is 18.0 Å². The van der Waals surface area contributed by atoms with E-state index in [1.165, 1.54) is 0 Å². The van der Waals surface area contributed by atoms with Gasteiger partial charge in [-0.25, -0.2) is 0 Å². The molecule has 1 saturated heterocycles. The molecular weight excluding hydrogens is 276 g/mol. The molecule has 0 bridgehead atoms. The van der Waals surface area contributed by atoms with Crippen molar-refractivity contribution in [3.63, 3.8) is 0 Å². The Kier molecular flexibility index (Phi) is 4.25. The molecule has 0 aliphatic carbocycles. The molecule has 0 spiro atoms. The van der Waals surface area contributed by atoms with Gasteiger partial charge in [-0.2, -0.15) is 5.10 Å². The normalized spacial score (nSPS) is 21.6. The summed E-state index contributed by atoms with van der Waals surface area (Å²) in [6.45, 7) is 0. The standard InChI is InChI=1S/C13H18N4O4/c1-16-11(19)7-8(15-10(18)3-4-12(20)21)13(16)9-5-6-14-17(9)2/h5-6,8,13H,3-4,7H2,1-2H3,(H,15,18)(H,20,21)/t8-,13-/m1/s1. The average Bonchev–Trinajstić information content (AvgIpc) is 2.92. The summed E-state index contributed by atoms with van der Waals surface area (Å²) in [5.74, 6) is -1.45. The van der Waals surface area contributed by atoms with Crippen LogP contribution in [-0.4, -0.2) is 50.7 Å². The van der Waals surface area contributed by atoms with E-state index in [1.807, 2.05) is 0 Å². The topological polar surface area (TPSA) is 105 Å². The van der Waals surface area contributed by atoms with Crippen molar-refractivity contribution in [1.29, 1.82) is 0 Å². The molecule has 1 aliphatic heterocycles. The van der Waals surface area contributed by atoms with Crippen LogP contribution >= 0.6 is 0 Å². The molecular formula is C13H18N4O4. The molecule has 8 nitrogen and oxygen atoms in total. The van der Waals surface area contributed by atoms with Crippen molar-refractivity contribution in [2.45, 2.75) is 31.3 Å². The molecule has 0 saturated carbocycles. The van der Waals surface area contributed by atoms with E-state index in [2.05, 4.69) is 10.4 Å². The summed E-state index contributed by atoms with van der Waals surface area (Å²) in [4.78, 5) is 35.8. The van der Waals surface area contributed by atoms with Gasteiger partial charge in [0.2, 0.25) is 11.8 Å². The van der Waals surface area contributed by atoms with Gasteiger partial charge in [0, 0.05) is 33.1 Å². The number of hydrogen-bond donors (Lipinski definition) is 2. The molecule has 21 heavy (non-hydrogen) atoms. The molecule has 1 aliphatic rings. The molecule has 2 amide bonds. The number of carboxylic acids is 1. The van der Waals surface area contributed by atoms with Crippen LogP contribution in [0.15, 0.2) is 12.3 Å². The van der Waals surface area contributed by atoms with Crippen LogP contribution in [0.3, 0.4) is 0 Å². The number of hydrogen-bond acceptors (Lipinski definition) is 4. The maximum absolute atomic E-state index is 11.9. The zero-order valence-electron chi connectivity index (χ0n) is 11.9. The lowest BCUT2D eigenvalue weighted by Crippen LogP contribution is -2.39. The van der Waals surface area contributed by atoms with E-state index in [0.717, 1.165) is 5.69 Å². The summed E-state index contributed by atoms with van der Waals surface area (Å²) >= 11 is 0. The molecule has 1 fully saturated rings. The molecule has 0 aromatic carbocycles. The number of aromatic nitrogens is 2. The van der Waals surface area contributed by atoms with Crippen LogP contribution in [0.4, 0.5) is 0 Å². The van der Waals surface area contributed by atoms with Crippen molar-refractivity contribution in [1.82, 2.24) is 20.0 Å². The predicted octanol–water partition coefficient (Wildman–Crippen LogP) is -0.327. The number of rotatable bonds is 5. The third-order valence-electron chi connectivity index (χ3n) is 3.66. The van der Waals surface area contributed by atoms with Crippen LogP contribution in [0.5, 0.6) is 0 Å². The Balaban J connectivity index is 2.10. The number of amides is 2. The number of carboxylic acid groups (broad SMARTS) is 1. The lowest BCUT2D eigenvalue weighted by Gasteiger charge is -2.25. The molecule has 2 rings (SSSR count). The molecule has 2 atom stereocenters. The van der Waals surface area contributed by atoms with Crippen molar-refractivity contribution >= 4 is 17.8 Å². The second-order valence-electron chi connectivity index (χ2n) is 5.10. The van der Waals surface area contributed by atoms with E-state index < -0.39 is 5.97 Å². The maximum atomic E-state index is 11.9. The second-order valence-corrected chi connectivity index (χ2v) is 5.10. The first kappa shape index (κ1) is 15.0. The highest BCUT2D eigenvalue weighted by Gasteiger charge is 2.40. The highest BCUT2D eigenvalue weighted by molar-refractivity contribution is 5.84. The monoisotopic (exact) mass is 294 g/mol. The molecule has 0 unspecified atom stereocenters. The van der Waals surface area contributed by atoms with Gasteiger partial charge in [-0.3, -0.25) is 19.1 Å². The van der Waals surface area contributed by atoms with E-state index >= 15 is 0 Å². The maximum Gasteiger partial charge on any atom is 0.303 e. The average molecular weight is 294 g/mol. The number of nitrogens with zero attached hydrogens (tertiary/aromatic N) is 3. The molecule has 8 heteroatoms. The van der Waals surface area contributed by atoms with E-state index in [1.54, 1.807) is 35.9 Å². The number of carbonyl (C=O) groups is 3. The quantitative estimate of drug-likeness (QED) is 0.774. The van der Waals surface area contributed by atoms with Gasteiger partial charge >= 0.3 is 5.97 Å². The number of aliphatic carboxylic acids is 1. The minimum absolute atomic E-state index is 0.0651. The molecule has 114 valence electrons. The Morgan fingerprint density at radius 1 is 1.43 bits per heavy atom. The fraction of sp³-hybridized carbons (Fsp3) is 0.538. The molecule has 0 radical (unpaired) electrons. The van der Waals surface area contributed by atoms with Gasteiger partial charge in [0.15, 0.2) is 0 Å². The fourth-order valence-electron chi connectivity index (χ4n) is 2.58. The second kappa shape index (κ2) is 5.94. The van der Waals surface area contributed by atoms with Crippen LogP contribution in [0.2, 0.25) is 0 Å². The first-order valence-electron chi connectivity index (χ1n) is 6.65. The van der Waals surface area contributed by atoms with Crippen molar-refractivity contribution in [3.8, 4) is 0 Å². The number of carbonyl (C=O) groups excluding carboxylic acids is 2. The highest BCUT2D eigenvalue weighted by Crippen LogP contribution is 2.31. The lowest BCUT2D eigenvalue weighted by molar-refractivity contribution is -0.139. The third kappa shape index (κ3) is 3.21. The zero-order chi connectivity index (χ0) is 15.6. The first-order chi connectivity index (χ1) is 9.90. The molecule has 1 aromatic heterocycles. The first-order valence-corrected chi connectivity index (χ1v) is 6.65. The molecule has 2 heterocycles. The van der Waals surface area contributed by atoms with E-state index in [9.17, 15) is 14.4 Å². The van der Waals surface area contributed by atoms with Gasteiger partial charge in [-0.1, -0.05) is 0 Å². The zero-order valence-corrected chi connectivity index (χ0v) is 11.9. The number of likely N-dealkylation sites (tertiary alicyclic amines) is 1. The SMILES string of the molecule is CN1C(=O)C[C@@H](NC(=O)CCC(=O)O)[C@@H]1c1ccnn1C. The van der Waals surface area contributed by atoms with Gasteiger partial charge in [-0.15, -0.1) is 0 Å². The van der Waals surface area contributed by atoms with Gasteiger partial charge in [0.25, 0.3) is 0 Å². The van der Waals surface area contributed by atoms with Crippen molar-refractivity contribution in [2.24, 2.45) is 7.05 Å². The molecule has 2 N–H and O–H groups in total. The lowest BCUT2D eigenvalue weighted by atomic mass is 10.1. The smallest absolute Gasteiger partial charge is 0.303 e. The number of aryl methyl sites for hydroxylation is 1. The summed E-state index contributed by atoms with van der Waals surface area (Å²) in [7, 11) is 3.46. The minimum Gasteiger partial charge on any atom is -0.481 e. The van der Waals surface area contributed by atoms with Gasteiger partial charge in [0.1, 0.15) is 0 Å². The van der Waals surface area contributed by atoms with Crippen molar-refractivity contribution in [2.75, 3.05) is 7.05 Å². The van der Waals surface area contributed by atoms with Crippen LogP contribution in [0, 0.1) is 0 Å². The van der Waals surface area contributed by atoms with Gasteiger partial charge in [0.05, 0.1) is 24.2 Å². The number of nitrogens with one attached hydrogen (secondary N) is 1. The number of likely N-dealkylation sites (N-methyl/N-ethyl adjacent to an activating group) is 1. The Hall–Kier alpha value is -2.38. The Morgan fingerprint density at radius 2 is 2.14 bits per heavy atom. The van der Waals surface area contributed by atoms with Gasteiger partial charge < -0.3 is 15.3 Å². The van der Waals surface area contributed by atoms with Crippen molar-refractivity contribution < 1.29 is 19.5 Å². The Morgan fingerprint density at radius 3 is 2.71 bits per heavy atom. The predicted molar refractivity (Wildman–Crippen MR) is 72.1 cm³/mol. The highest BCUT2D eigenvalue weighted by atomic mass is 16.4. The van der Waals surface area contributed by atoms with Crippen LogP contribution < -0.4 is 5.32 Å². The Labute approximate surface area is 121 Å². The molecule has 1 aromatic rings. The minimum atomic E-state index is -1.02. The van der Waals surface area contributed by atoms with Gasteiger partial charge in [-0.05, 0) is 6.07 Å². The largest absolute Gasteiger partial charge is 0.481 e. The summed E-state index contributed by atoms with van der Waals surface area (Å²) in [5, 5.41) is 15.4. The fourth-order valence-corrected chi connectivity index (χ4v) is 2.58. The summed E-state index contributed by atoms with van der Waals surface area (Å²) in [5.41, 5.74) is 0.826. The van der Waals surface area contributed by atoms with E-state index in [0.29, 0.717) is 0 Å². The van der Waals surface area contributed by atoms with Crippen LogP contribution in [0.25, 0.3) is 0 Å². The van der Waals surface area contributed by atoms with Crippen LogP contribution in [-0.2, 0) is 21.4 Å². The summed E-state index contributed by atoms with van der Waals surface area (Å²) in [6.07, 6.45) is 1.51. The Bertz CT molecular complexity index is 568. The van der Waals surface area contributed by atoms with Crippen LogP contribution in [0.1, 0.15) is 31.0 Å². The third-order valence-corrected chi connectivity index (χ3v) is 3.66. The summed E-state index contributed by atoms with van der Waals surface area (Å²) in [6, 6.07) is 1.13.